The van der Waals surface area contributed by atoms with Gasteiger partial charge in [-0.05, 0) is 0 Å². The van der Waals surface area contributed by atoms with Crippen LogP contribution in [0.25, 0.3) is 0 Å². The Morgan fingerprint density at radius 1 is 1.60 bits per heavy atom. The summed E-state index contributed by atoms with van der Waals surface area (Å²) in [5, 5.41) is 0. The predicted octanol–water partition coefficient (Wildman–Crippen LogP) is -3.73. The minimum Gasteiger partial charge on any atom is -0.471 e. The van der Waals surface area contributed by atoms with Gasteiger partial charge in [0.25, 0.3) is 0 Å². The van der Waals surface area contributed by atoms with Crippen molar-refractivity contribution in [1.29, 1.82) is 0 Å². The molecule has 30 valence electrons. The van der Waals surface area contributed by atoms with E-state index < -0.39 is 0 Å². The molecule has 0 unspecified atom stereocenters. The molecule has 0 spiro atoms. The van der Waals surface area contributed by atoms with Gasteiger partial charge in [0.2, 0.25) is 0 Å². The minimum atomic E-state index is 0. The number of rotatable bonds is 1. The maximum absolute atomic E-state index is 4.88. The normalized spacial score (nSPS) is 9.60. The van der Waals surface area contributed by atoms with Gasteiger partial charge in [0.1, 0.15) is 19.8 Å². The fourth-order valence-corrected chi connectivity index (χ4v) is 0. The van der Waals surface area contributed by atoms with Crippen molar-refractivity contribution in [2.24, 2.45) is 0 Å². The molecule has 0 aromatic heterocycles. The molecule has 5 heteroatoms. The molecule has 0 atom stereocenters. The smallest absolute Gasteiger partial charge is 0.129 e. The first-order valence-corrected chi connectivity index (χ1v) is 8.45. The van der Waals surface area contributed by atoms with Crippen LogP contribution in [0.15, 0.2) is 0 Å². The Labute approximate surface area is 57.5 Å². The molecular formula is H8OSi3Sn. The van der Waals surface area contributed by atoms with Crippen LogP contribution in [-0.2, 0) is 4.12 Å². The summed E-state index contributed by atoms with van der Waals surface area (Å²) in [6.45, 7) is 0. The van der Waals surface area contributed by atoms with Gasteiger partial charge >= 0.3 is 0 Å². The minimum absolute atomic E-state index is 0. The number of hydrogen-bond acceptors (Lipinski definition) is 1. The quantitative estimate of drug-likeness (QED) is 0.418. The van der Waals surface area contributed by atoms with Gasteiger partial charge in [-0.2, -0.15) is 0 Å². The van der Waals surface area contributed by atoms with E-state index in [1.165, 1.54) is 9.76 Å². The van der Waals surface area contributed by atoms with Crippen LogP contribution in [0, 0.1) is 0 Å². The molecule has 0 aliphatic rings. The Morgan fingerprint density at radius 3 is 1.80 bits per heavy atom. The van der Waals surface area contributed by atoms with E-state index >= 15 is 0 Å². The molecular weight excluding hydrogens is 219 g/mol. The van der Waals surface area contributed by atoms with Gasteiger partial charge < -0.3 is 4.12 Å². The van der Waals surface area contributed by atoms with Crippen LogP contribution < -0.4 is 0 Å². The molecule has 5 heavy (non-hydrogen) atoms. The van der Waals surface area contributed by atoms with E-state index in [4.69, 9.17) is 4.12 Å². The third-order valence-corrected chi connectivity index (χ3v) is 7.79. The molecule has 4 radical (unpaired) electrons. The van der Waals surface area contributed by atoms with Crippen molar-refractivity contribution in [1.82, 2.24) is 0 Å². The van der Waals surface area contributed by atoms with Crippen molar-refractivity contribution in [3.63, 3.8) is 0 Å². The van der Waals surface area contributed by atoms with Gasteiger partial charge in [0.15, 0.2) is 0 Å². The van der Waals surface area contributed by atoms with Crippen LogP contribution in [-0.4, -0.2) is 53.4 Å². The molecule has 0 rings (SSSR count). The summed E-state index contributed by atoms with van der Waals surface area (Å²) in [6.07, 6.45) is 0. The molecule has 0 bridgehead atoms. The van der Waals surface area contributed by atoms with Crippen molar-refractivity contribution in [3.05, 3.63) is 0 Å². The molecule has 0 amide bonds. The van der Waals surface area contributed by atoms with Crippen LogP contribution >= 0.6 is 0 Å². The van der Waals surface area contributed by atoms with Crippen molar-refractivity contribution >= 4 is 53.4 Å². The van der Waals surface area contributed by atoms with Crippen LogP contribution in [0.2, 0.25) is 0 Å². The Morgan fingerprint density at radius 2 is 1.80 bits per heavy atom. The summed E-state index contributed by atoms with van der Waals surface area (Å²) in [4.78, 5) is 0. The van der Waals surface area contributed by atoms with Gasteiger partial charge in [0, 0.05) is 33.7 Å². The zero-order valence-electron chi connectivity index (χ0n) is 3.62. The van der Waals surface area contributed by atoms with Gasteiger partial charge in [-0.1, -0.05) is 0 Å². The first-order valence-electron chi connectivity index (χ1n) is 1.40. The second-order valence-electron chi connectivity index (χ2n) is 0.577. The standard InChI is InChI=1S/H8OSi3.Sn/c2-1-4-3;/h4H2,2-3H3;. The van der Waals surface area contributed by atoms with E-state index in [2.05, 4.69) is 0 Å². The van der Waals surface area contributed by atoms with E-state index in [1.807, 2.05) is 0 Å². The number of hydrogen-bond donors (Lipinski definition) is 0. The van der Waals surface area contributed by atoms with Crippen molar-refractivity contribution in [2.45, 2.75) is 0 Å². The van der Waals surface area contributed by atoms with Crippen LogP contribution in [0.3, 0.4) is 0 Å². The zero-order valence-corrected chi connectivity index (χ0v) is 11.9. The summed E-state index contributed by atoms with van der Waals surface area (Å²) in [6, 6.07) is 0. The van der Waals surface area contributed by atoms with E-state index in [9.17, 15) is 0 Å². The van der Waals surface area contributed by atoms with Gasteiger partial charge in [-0.15, -0.1) is 0 Å². The average molecular weight is 227 g/mol. The summed E-state index contributed by atoms with van der Waals surface area (Å²) in [7, 11) is 2.45. The molecule has 0 saturated heterocycles. The second kappa shape index (κ2) is 9.05. The largest absolute Gasteiger partial charge is 0.471 e. The average Bonchev–Trinajstić information content (AvgIpc) is 1.37. The van der Waals surface area contributed by atoms with E-state index in [1.54, 1.807) is 0 Å². The fraction of sp³-hybridized carbons (Fsp3) is 0. The molecule has 1 nitrogen and oxygen atoms in total. The third-order valence-electron chi connectivity index (χ3n) is 0.289. The second-order valence-corrected chi connectivity index (χ2v) is 5.20. The van der Waals surface area contributed by atoms with Crippen molar-refractivity contribution in [2.75, 3.05) is 0 Å². The Hall–Kier alpha value is 1.41. The Kier molecular flexibility index (Phi) is 17.5. The van der Waals surface area contributed by atoms with Crippen molar-refractivity contribution in [3.8, 4) is 0 Å². The van der Waals surface area contributed by atoms with Gasteiger partial charge in [-0.25, -0.2) is 0 Å². The summed E-state index contributed by atoms with van der Waals surface area (Å²) < 4.78 is 4.88. The monoisotopic (exact) mass is 228 g/mol. The van der Waals surface area contributed by atoms with E-state index in [0.717, 1.165) is 10.5 Å². The molecule has 0 aliphatic heterocycles. The van der Waals surface area contributed by atoms with Crippen LogP contribution in [0.4, 0.5) is 0 Å². The molecule has 0 aromatic carbocycles. The topological polar surface area (TPSA) is 9.23 Å². The van der Waals surface area contributed by atoms with Crippen LogP contribution in [0.5, 0.6) is 0 Å². The Bertz CT molecular complexity index is 8.85. The first-order chi connectivity index (χ1) is 1.91. The maximum Gasteiger partial charge on any atom is 0.129 e. The molecule has 0 heterocycles. The maximum atomic E-state index is 4.88. The first kappa shape index (κ1) is 9.65. The van der Waals surface area contributed by atoms with Crippen LogP contribution in [0.1, 0.15) is 0 Å². The molecule has 0 aliphatic carbocycles. The molecule has 0 N–H and O–H groups in total. The zero-order chi connectivity index (χ0) is 3.41. The third kappa shape index (κ3) is 10.8. The van der Waals surface area contributed by atoms with E-state index in [0.29, 0.717) is 0 Å². The fourth-order valence-electron chi connectivity index (χ4n) is 0. The van der Waals surface area contributed by atoms with Gasteiger partial charge in [0.05, 0.1) is 0 Å². The molecule has 0 aromatic rings. The summed E-state index contributed by atoms with van der Waals surface area (Å²) in [5.41, 5.74) is 0. The Balaban J connectivity index is 0. The SMILES string of the molecule is [SiH3]O[SiH2][SiH3].[Sn]. The summed E-state index contributed by atoms with van der Waals surface area (Å²) in [5.74, 6) is 0. The van der Waals surface area contributed by atoms with E-state index in [-0.39, 0.29) is 33.2 Å². The van der Waals surface area contributed by atoms with Gasteiger partial charge in [-0.3, -0.25) is 0 Å². The van der Waals surface area contributed by atoms with Crippen molar-refractivity contribution < 1.29 is 4.12 Å². The summed E-state index contributed by atoms with van der Waals surface area (Å²) >= 11 is 0. The predicted molar refractivity (Wildman–Crippen MR) is 35.3 cm³/mol. The molecule has 0 saturated carbocycles. The molecule has 0 fully saturated rings.